The predicted octanol–water partition coefficient (Wildman–Crippen LogP) is 2.59. The molecule has 0 aromatic heterocycles. The predicted molar refractivity (Wildman–Crippen MR) is 79.3 cm³/mol. The zero-order valence-electron chi connectivity index (χ0n) is 11.3. The molecule has 1 aliphatic carbocycles. The van der Waals surface area contributed by atoms with E-state index >= 15 is 0 Å². The Morgan fingerprint density at radius 3 is 2.84 bits per heavy atom. The fraction of sp³-hybridized carbons (Fsp3) is 0.500. The Kier molecular flexibility index (Phi) is 4.32. The number of carbonyl (C=O) groups is 1. The number of rotatable bonds is 5. The molecular formula is C14H20ClN3O. The molecule has 0 radical (unpaired) electrons. The lowest BCUT2D eigenvalue weighted by Crippen LogP contribution is -2.40. The number of hydrogen-bond acceptors (Lipinski definition) is 3. The Morgan fingerprint density at radius 1 is 1.58 bits per heavy atom. The molecule has 1 aliphatic rings. The molecule has 5 heteroatoms. The van der Waals surface area contributed by atoms with Crippen molar-refractivity contribution in [1.82, 2.24) is 4.90 Å². The van der Waals surface area contributed by atoms with E-state index in [1.54, 1.807) is 18.2 Å². The Balaban J connectivity index is 1.95. The Bertz CT molecular complexity index is 474. The molecule has 1 aromatic rings. The third kappa shape index (κ3) is 3.85. The normalized spacial score (nSPS) is 16.4. The van der Waals surface area contributed by atoms with Crippen molar-refractivity contribution in [1.29, 1.82) is 0 Å². The highest BCUT2D eigenvalue weighted by Crippen LogP contribution is 2.30. The van der Waals surface area contributed by atoms with Crippen LogP contribution in [0.2, 0.25) is 5.02 Å². The summed E-state index contributed by atoms with van der Waals surface area (Å²) in [7, 11) is 1.98. The van der Waals surface area contributed by atoms with Crippen molar-refractivity contribution in [2.24, 2.45) is 5.92 Å². The first kappa shape index (κ1) is 14.2. The van der Waals surface area contributed by atoms with Gasteiger partial charge in [-0.25, -0.2) is 0 Å². The number of nitrogens with one attached hydrogen (secondary N) is 1. The summed E-state index contributed by atoms with van der Waals surface area (Å²) in [5.74, 6) is 0.718. The molecule has 2 rings (SSSR count). The van der Waals surface area contributed by atoms with Crippen LogP contribution in [0.15, 0.2) is 18.2 Å². The molecule has 4 nitrogen and oxygen atoms in total. The number of nitrogens with two attached hydrogens (primary N) is 1. The van der Waals surface area contributed by atoms with Crippen LogP contribution in [0.25, 0.3) is 0 Å². The van der Waals surface area contributed by atoms with Gasteiger partial charge in [-0.1, -0.05) is 11.6 Å². The SMILES string of the molecule is CC(C(=O)Nc1ccc(N)cc1Cl)N(C)CC1CC1. The minimum Gasteiger partial charge on any atom is -0.399 e. The first-order chi connectivity index (χ1) is 8.97. The summed E-state index contributed by atoms with van der Waals surface area (Å²) in [5.41, 5.74) is 6.81. The van der Waals surface area contributed by atoms with Crippen molar-refractivity contribution in [2.45, 2.75) is 25.8 Å². The highest BCUT2D eigenvalue weighted by Gasteiger charge is 2.27. The molecule has 1 atom stereocenters. The minimum atomic E-state index is -0.172. The van der Waals surface area contributed by atoms with Gasteiger partial charge in [0.1, 0.15) is 0 Å². The van der Waals surface area contributed by atoms with Crippen molar-refractivity contribution in [3.8, 4) is 0 Å². The number of likely N-dealkylation sites (N-methyl/N-ethyl adjacent to an activating group) is 1. The summed E-state index contributed by atoms with van der Waals surface area (Å²) >= 11 is 6.04. The number of amides is 1. The van der Waals surface area contributed by atoms with Gasteiger partial charge in [0.2, 0.25) is 5.91 Å². The standard InChI is InChI=1S/C14H20ClN3O/c1-9(18(2)8-10-3-4-10)14(19)17-13-6-5-11(16)7-12(13)15/h5-7,9-10H,3-4,8,16H2,1-2H3,(H,17,19). The van der Waals surface area contributed by atoms with Gasteiger partial charge in [-0.15, -0.1) is 0 Å². The van der Waals surface area contributed by atoms with E-state index in [1.165, 1.54) is 12.8 Å². The maximum atomic E-state index is 12.2. The number of halogens is 1. The van der Waals surface area contributed by atoms with Crippen LogP contribution in [0.5, 0.6) is 0 Å². The average Bonchev–Trinajstić information content (AvgIpc) is 3.15. The van der Waals surface area contributed by atoms with Crippen LogP contribution in [-0.4, -0.2) is 30.4 Å². The van der Waals surface area contributed by atoms with Gasteiger partial charge in [-0.3, -0.25) is 9.69 Å². The third-order valence-electron chi connectivity index (χ3n) is 3.53. The fourth-order valence-electron chi connectivity index (χ4n) is 1.94. The Morgan fingerprint density at radius 2 is 2.26 bits per heavy atom. The number of nitrogen functional groups attached to an aromatic ring is 1. The second kappa shape index (κ2) is 5.80. The summed E-state index contributed by atoms with van der Waals surface area (Å²) in [6.07, 6.45) is 2.56. The summed E-state index contributed by atoms with van der Waals surface area (Å²) in [6, 6.07) is 4.91. The second-order valence-corrected chi connectivity index (χ2v) is 5.69. The number of nitrogens with zero attached hydrogens (tertiary/aromatic N) is 1. The van der Waals surface area contributed by atoms with Crippen LogP contribution in [0.1, 0.15) is 19.8 Å². The van der Waals surface area contributed by atoms with Gasteiger partial charge in [-0.2, -0.15) is 0 Å². The first-order valence-electron chi connectivity index (χ1n) is 6.53. The molecule has 1 unspecified atom stereocenters. The summed E-state index contributed by atoms with van der Waals surface area (Å²) in [6.45, 7) is 2.88. The van der Waals surface area contributed by atoms with Gasteiger partial charge < -0.3 is 11.1 Å². The minimum absolute atomic E-state index is 0.0465. The number of hydrogen-bond donors (Lipinski definition) is 2. The molecule has 19 heavy (non-hydrogen) atoms. The molecule has 3 N–H and O–H groups in total. The van der Waals surface area contributed by atoms with Gasteiger partial charge in [0.15, 0.2) is 0 Å². The quantitative estimate of drug-likeness (QED) is 0.816. The van der Waals surface area contributed by atoms with E-state index < -0.39 is 0 Å². The van der Waals surface area contributed by atoms with E-state index in [0.717, 1.165) is 12.5 Å². The third-order valence-corrected chi connectivity index (χ3v) is 3.85. The molecule has 1 aromatic carbocycles. The van der Waals surface area contributed by atoms with Crippen molar-refractivity contribution in [3.05, 3.63) is 23.2 Å². The molecule has 0 bridgehead atoms. The fourth-order valence-corrected chi connectivity index (χ4v) is 2.17. The Hall–Kier alpha value is -1.26. The molecule has 104 valence electrons. The molecular weight excluding hydrogens is 262 g/mol. The topological polar surface area (TPSA) is 58.4 Å². The smallest absolute Gasteiger partial charge is 0.241 e. The van der Waals surface area contributed by atoms with E-state index in [1.807, 2.05) is 14.0 Å². The van der Waals surface area contributed by atoms with Crippen LogP contribution in [0.3, 0.4) is 0 Å². The lowest BCUT2D eigenvalue weighted by molar-refractivity contribution is -0.120. The molecule has 0 saturated heterocycles. The molecule has 0 aliphatic heterocycles. The van der Waals surface area contributed by atoms with Gasteiger partial charge in [0.25, 0.3) is 0 Å². The van der Waals surface area contributed by atoms with Crippen LogP contribution in [-0.2, 0) is 4.79 Å². The lowest BCUT2D eigenvalue weighted by Gasteiger charge is -2.23. The van der Waals surface area contributed by atoms with E-state index in [4.69, 9.17) is 17.3 Å². The van der Waals surface area contributed by atoms with E-state index in [-0.39, 0.29) is 11.9 Å². The zero-order chi connectivity index (χ0) is 14.0. The van der Waals surface area contributed by atoms with E-state index in [9.17, 15) is 4.79 Å². The van der Waals surface area contributed by atoms with Crippen molar-refractivity contribution >= 4 is 28.9 Å². The Labute approximate surface area is 118 Å². The van der Waals surface area contributed by atoms with Crippen molar-refractivity contribution in [2.75, 3.05) is 24.6 Å². The van der Waals surface area contributed by atoms with Gasteiger partial charge in [0, 0.05) is 12.2 Å². The lowest BCUT2D eigenvalue weighted by atomic mass is 10.2. The average molecular weight is 282 g/mol. The van der Waals surface area contributed by atoms with Crippen molar-refractivity contribution < 1.29 is 4.79 Å². The van der Waals surface area contributed by atoms with Crippen molar-refractivity contribution in [3.63, 3.8) is 0 Å². The number of benzene rings is 1. The van der Waals surface area contributed by atoms with Crippen LogP contribution in [0, 0.1) is 5.92 Å². The molecule has 0 spiro atoms. The highest BCUT2D eigenvalue weighted by molar-refractivity contribution is 6.34. The first-order valence-corrected chi connectivity index (χ1v) is 6.91. The van der Waals surface area contributed by atoms with Gasteiger partial charge in [0.05, 0.1) is 16.8 Å². The summed E-state index contributed by atoms with van der Waals surface area (Å²) < 4.78 is 0. The molecule has 0 heterocycles. The monoisotopic (exact) mass is 281 g/mol. The highest BCUT2D eigenvalue weighted by atomic mass is 35.5. The second-order valence-electron chi connectivity index (χ2n) is 5.29. The van der Waals surface area contributed by atoms with E-state index in [2.05, 4.69) is 10.2 Å². The van der Waals surface area contributed by atoms with Gasteiger partial charge in [-0.05, 0) is 50.9 Å². The largest absolute Gasteiger partial charge is 0.399 e. The summed E-state index contributed by atoms with van der Waals surface area (Å²) in [4.78, 5) is 14.2. The zero-order valence-corrected chi connectivity index (χ0v) is 12.1. The maximum Gasteiger partial charge on any atom is 0.241 e. The van der Waals surface area contributed by atoms with Crippen LogP contribution < -0.4 is 11.1 Å². The number of carbonyl (C=O) groups excluding carboxylic acids is 1. The van der Waals surface area contributed by atoms with Crippen LogP contribution >= 0.6 is 11.6 Å². The molecule has 1 saturated carbocycles. The molecule has 1 amide bonds. The summed E-state index contributed by atoms with van der Waals surface area (Å²) in [5, 5.41) is 3.31. The maximum absolute atomic E-state index is 12.2. The van der Waals surface area contributed by atoms with Crippen LogP contribution in [0.4, 0.5) is 11.4 Å². The van der Waals surface area contributed by atoms with Gasteiger partial charge >= 0.3 is 0 Å². The number of anilines is 2. The van der Waals surface area contributed by atoms with E-state index in [0.29, 0.717) is 16.4 Å². The molecule has 1 fully saturated rings.